The third-order valence-corrected chi connectivity index (χ3v) is 10.1. The van der Waals surface area contributed by atoms with E-state index in [0.717, 1.165) is 24.6 Å². The Hall–Kier alpha value is 0.234. The highest BCUT2D eigenvalue weighted by Gasteiger charge is 2.38. The van der Waals surface area contributed by atoms with Gasteiger partial charge in [-0.15, -0.1) is 0 Å². The molecule has 5 nitrogen and oxygen atoms in total. The van der Waals surface area contributed by atoms with E-state index in [1.54, 1.807) is 28.4 Å². The van der Waals surface area contributed by atoms with Crippen molar-refractivity contribution < 1.29 is 22.8 Å². The van der Waals surface area contributed by atoms with E-state index in [2.05, 4.69) is 6.92 Å². The standard InChI is InChI=1S/C10H26O5Si2/c1-6-16(12-2,13-3)8-7-9-17(10-11,14-4)15-5/h11H,6-10H2,1-5H3. The van der Waals surface area contributed by atoms with Crippen LogP contribution >= 0.6 is 0 Å². The Labute approximate surface area is 107 Å². The van der Waals surface area contributed by atoms with Crippen molar-refractivity contribution in [3.8, 4) is 0 Å². The number of aliphatic hydroxyl groups is 1. The van der Waals surface area contributed by atoms with E-state index in [1.807, 2.05) is 0 Å². The summed E-state index contributed by atoms with van der Waals surface area (Å²) in [6.45, 7) is 2.09. The van der Waals surface area contributed by atoms with Crippen LogP contribution in [0.4, 0.5) is 0 Å². The Kier molecular flexibility index (Phi) is 8.47. The molecule has 104 valence electrons. The minimum Gasteiger partial charge on any atom is -0.398 e. The number of hydrogen-bond acceptors (Lipinski definition) is 5. The Morgan fingerprint density at radius 1 is 0.824 bits per heavy atom. The molecule has 0 aromatic heterocycles. The minimum absolute atomic E-state index is 0.0132. The van der Waals surface area contributed by atoms with Crippen LogP contribution in [0.25, 0.3) is 0 Å². The molecule has 0 bridgehead atoms. The maximum atomic E-state index is 9.34. The van der Waals surface area contributed by atoms with Crippen LogP contribution in [-0.4, -0.2) is 56.9 Å². The van der Waals surface area contributed by atoms with Gasteiger partial charge in [-0.25, -0.2) is 0 Å². The highest BCUT2D eigenvalue weighted by Crippen LogP contribution is 2.23. The molecule has 0 saturated heterocycles. The molecular weight excluding hydrogens is 256 g/mol. The molecule has 0 atom stereocenters. The van der Waals surface area contributed by atoms with Crippen molar-refractivity contribution in [1.29, 1.82) is 0 Å². The van der Waals surface area contributed by atoms with Crippen molar-refractivity contribution in [1.82, 2.24) is 0 Å². The number of aliphatic hydroxyl groups excluding tert-OH is 1. The number of rotatable bonds is 10. The first-order valence-corrected chi connectivity index (χ1v) is 10.3. The second-order valence-electron chi connectivity index (χ2n) is 4.00. The summed E-state index contributed by atoms with van der Waals surface area (Å²) in [4.78, 5) is 0. The summed E-state index contributed by atoms with van der Waals surface area (Å²) >= 11 is 0. The molecule has 17 heavy (non-hydrogen) atoms. The fourth-order valence-corrected chi connectivity index (χ4v) is 6.16. The quantitative estimate of drug-likeness (QED) is 0.614. The predicted molar refractivity (Wildman–Crippen MR) is 71.3 cm³/mol. The zero-order valence-corrected chi connectivity index (χ0v) is 13.6. The third kappa shape index (κ3) is 4.78. The molecule has 0 rings (SSSR count). The fraction of sp³-hybridized carbons (Fsp3) is 1.00. The summed E-state index contributed by atoms with van der Waals surface area (Å²) in [5, 5.41) is 9.34. The van der Waals surface area contributed by atoms with E-state index >= 15 is 0 Å². The van der Waals surface area contributed by atoms with Gasteiger partial charge in [0.2, 0.25) is 0 Å². The molecule has 0 spiro atoms. The Balaban J connectivity index is 4.28. The van der Waals surface area contributed by atoms with Crippen LogP contribution in [0.2, 0.25) is 18.1 Å². The van der Waals surface area contributed by atoms with Gasteiger partial charge >= 0.3 is 17.1 Å². The normalized spacial score (nSPS) is 13.1. The van der Waals surface area contributed by atoms with E-state index in [9.17, 15) is 5.11 Å². The molecule has 0 saturated carbocycles. The first-order chi connectivity index (χ1) is 8.07. The maximum Gasteiger partial charge on any atom is 0.363 e. The molecule has 0 aliphatic carbocycles. The minimum atomic E-state index is -2.39. The van der Waals surface area contributed by atoms with Crippen molar-refractivity contribution in [3.05, 3.63) is 0 Å². The van der Waals surface area contributed by atoms with Gasteiger partial charge in [0.05, 0.1) is 6.23 Å². The van der Waals surface area contributed by atoms with Crippen molar-refractivity contribution in [2.75, 3.05) is 34.7 Å². The molecule has 0 aliphatic rings. The molecule has 7 heteroatoms. The van der Waals surface area contributed by atoms with Crippen LogP contribution in [0.3, 0.4) is 0 Å². The van der Waals surface area contributed by atoms with Crippen LogP contribution < -0.4 is 0 Å². The third-order valence-electron chi connectivity index (χ3n) is 3.38. The van der Waals surface area contributed by atoms with Gasteiger partial charge in [-0.2, -0.15) is 0 Å². The molecular formula is C10H26O5Si2. The smallest absolute Gasteiger partial charge is 0.363 e. The Morgan fingerprint density at radius 3 is 1.53 bits per heavy atom. The lowest BCUT2D eigenvalue weighted by Gasteiger charge is -2.29. The van der Waals surface area contributed by atoms with E-state index in [0.29, 0.717) is 0 Å². The lowest BCUT2D eigenvalue weighted by molar-refractivity contribution is 0.195. The van der Waals surface area contributed by atoms with Gasteiger partial charge in [0.15, 0.2) is 0 Å². The summed E-state index contributed by atoms with van der Waals surface area (Å²) in [5.41, 5.74) is 0. The molecule has 1 N–H and O–H groups in total. The van der Waals surface area contributed by atoms with Crippen LogP contribution in [-0.2, 0) is 17.7 Å². The molecule has 0 aliphatic heterocycles. The summed E-state index contributed by atoms with van der Waals surface area (Å²) in [6.07, 6.45) is 0.886. The van der Waals surface area contributed by atoms with Crippen LogP contribution in [0.1, 0.15) is 13.3 Å². The fourth-order valence-electron chi connectivity index (χ4n) is 1.88. The monoisotopic (exact) mass is 282 g/mol. The van der Waals surface area contributed by atoms with E-state index < -0.39 is 17.1 Å². The predicted octanol–water partition coefficient (Wildman–Crippen LogP) is 1.40. The highest BCUT2D eigenvalue weighted by molar-refractivity contribution is 6.68. The van der Waals surface area contributed by atoms with Gasteiger partial charge in [0, 0.05) is 28.4 Å². The van der Waals surface area contributed by atoms with Crippen molar-refractivity contribution in [2.24, 2.45) is 0 Å². The van der Waals surface area contributed by atoms with Crippen molar-refractivity contribution >= 4 is 17.1 Å². The summed E-state index contributed by atoms with van der Waals surface area (Å²) < 4.78 is 21.8. The zero-order valence-electron chi connectivity index (χ0n) is 11.6. The van der Waals surface area contributed by atoms with E-state index in [-0.39, 0.29) is 6.23 Å². The lowest BCUT2D eigenvalue weighted by atomic mass is 10.6. The second-order valence-corrected chi connectivity index (χ2v) is 11.3. The maximum absolute atomic E-state index is 9.34. The van der Waals surface area contributed by atoms with Gasteiger partial charge < -0.3 is 22.8 Å². The van der Waals surface area contributed by atoms with Crippen LogP contribution in [0, 0.1) is 0 Å². The lowest BCUT2D eigenvalue weighted by Crippen LogP contribution is -2.45. The largest absolute Gasteiger partial charge is 0.398 e. The first kappa shape index (κ1) is 17.2. The molecule has 0 aromatic carbocycles. The SMILES string of the molecule is CC[Si](CCC[Si](CO)(OC)OC)(OC)OC. The first-order valence-electron chi connectivity index (χ1n) is 5.89. The van der Waals surface area contributed by atoms with Crippen molar-refractivity contribution in [3.63, 3.8) is 0 Å². The average molecular weight is 282 g/mol. The number of hydrogen-bond donors (Lipinski definition) is 1. The Morgan fingerprint density at radius 2 is 1.24 bits per heavy atom. The van der Waals surface area contributed by atoms with Gasteiger partial charge in [0.1, 0.15) is 0 Å². The van der Waals surface area contributed by atoms with Crippen LogP contribution in [0.5, 0.6) is 0 Å². The van der Waals surface area contributed by atoms with Crippen molar-refractivity contribution in [2.45, 2.75) is 31.5 Å². The molecule has 0 aromatic rings. The highest BCUT2D eigenvalue weighted by atomic mass is 28.4. The second kappa shape index (κ2) is 8.36. The topological polar surface area (TPSA) is 57.2 Å². The van der Waals surface area contributed by atoms with Gasteiger partial charge in [-0.3, -0.25) is 0 Å². The Bertz CT molecular complexity index is 159. The van der Waals surface area contributed by atoms with E-state index in [1.165, 1.54) is 0 Å². The molecule has 0 radical (unpaired) electrons. The molecule has 0 heterocycles. The van der Waals surface area contributed by atoms with Gasteiger partial charge in [-0.05, 0) is 24.6 Å². The van der Waals surface area contributed by atoms with Gasteiger partial charge in [0.25, 0.3) is 0 Å². The van der Waals surface area contributed by atoms with Gasteiger partial charge in [-0.1, -0.05) is 6.92 Å². The molecule has 0 fully saturated rings. The molecule has 0 amide bonds. The van der Waals surface area contributed by atoms with E-state index in [4.69, 9.17) is 17.7 Å². The molecule has 0 unspecified atom stereocenters. The summed E-state index contributed by atoms with van der Waals surface area (Å²) in [7, 11) is 2.21. The van der Waals surface area contributed by atoms with Crippen LogP contribution in [0.15, 0.2) is 0 Å². The zero-order chi connectivity index (χ0) is 13.4. The summed E-state index contributed by atoms with van der Waals surface area (Å²) in [5.74, 6) is 0. The summed E-state index contributed by atoms with van der Waals surface area (Å²) in [6, 6.07) is 2.59. The average Bonchev–Trinajstić information content (AvgIpc) is 2.41.